The lowest BCUT2D eigenvalue weighted by Crippen LogP contribution is -2.43. The normalized spacial score (nSPS) is 10.9. The van der Waals surface area contributed by atoms with Crippen molar-refractivity contribution in [3.8, 4) is 5.75 Å². The molecule has 2 amide bonds. The molecule has 146 valence electrons. The molecule has 0 unspecified atom stereocenters. The van der Waals surface area contributed by atoms with Crippen LogP contribution in [0.15, 0.2) is 46.9 Å². The fraction of sp³-hybridized carbons (Fsp3) is 0.273. The average molecular weight is 380 g/mol. The van der Waals surface area contributed by atoms with Crippen molar-refractivity contribution in [3.63, 3.8) is 0 Å². The van der Waals surface area contributed by atoms with Gasteiger partial charge in [0.15, 0.2) is 12.4 Å². The third-order valence-corrected chi connectivity index (χ3v) is 4.52. The van der Waals surface area contributed by atoms with Gasteiger partial charge in [-0.2, -0.15) is 0 Å². The van der Waals surface area contributed by atoms with Crippen LogP contribution in [0.5, 0.6) is 5.75 Å². The first-order valence-electron chi connectivity index (χ1n) is 9.17. The summed E-state index contributed by atoms with van der Waals surface area (Å²) in [5.74, 6) is 0.140. The van der Waals surface area contributed by atoms with Gasteiger partial charge >= 0.3 is 5.91 Å². The minimum Gasteiger partial charge on any atom is -0.483 e. The number of carbonyl (C=O) groups is 2. The van der Waals surface area contributed by atoms with Crippen molar-refractivity contribution in [1.82, 2.24) is 10.9 Å². The predicted octanol–water partition coefficient (Wildman–Crippen LogP) is 4.01. The number of hydrogen-bond acceptors (Lipinski definition) is 4. The zero-order valence-electron chi connectivity index (χ0n) is 16.5. The van der Waals surface area contributed by atoms with E-state index >= 15 is 0 Å². The van der Waals surface area contributed by atoms with E-state index in [0.29, 0.717) is 11.3 Å². The molecule has 0 aliphatic carbocycles. The molecular formula is C22H24N2O4. The lowest BCUT2D eigenvalue weighted by atomic mass is 10.0. The molecule has 0 saturated heterocycles. The summed E-state index contributed by atoms with van der Waals surface area (Å²) in [6, 6.07) is 13.3. The van der Waals surface area contributed by atoms with E-state index in [9.17, 15) is 9.59 Å². The van der Waals surface area contributed by atoms with Crippen molar-refractivity contribution >= 4 is 22.8 Å². The monoisotopic (exact) mass is 380 g/mol. The van der Waals surface area contributed by atoms with Crippen LogP contribution in [0.3, 0.4) is 0 Å². The molecule has 28 heavy (non-hydrogen) atoms. The molecule has 0 aliphatic rings. The van der Waals surface area contributed by atoms with Gasteiger partial charge in [-0.25, -0.2) is 0 Å². The Balaban J connectivity index is 1.59. The number of nitrogens with one attached hydrogen (secondary N) is 2. The Morgan fingerprint density at radius 2 is 1.82 bits per heavy atom. The van der Waals surface area contributed by atoms with Crippen LogP contribution >= 0.6 is 0 Å². The van der Waals surface area contributed by atoms with Crippen molar-refractivity contribution in [2.45, 2.75) is 33.6 Å². The molecule has 1 heterocycles. The number of rotatable bonds is 5. The van der Waals surface area contributed by atoms with Gasteiger partial charge < -0.3 is 9.15 Å². The Kier molecular flexibility index (Phi) is 5.68. The summed E-state index contributed by atoms with van der Waals surface area (Å²) in [5.41, 5.74) is 8.16. The lowest BCUT2D eigenvalue weighted by Gasteiger charge is -2.15. The van der Waals surface area contributed by atoms with Gasteiger partial charge in [0.2, 0.25) is 0 Å². The molecule has 0 atom stereocenters. The number of amides is 2. The van der Waals surface area contributed by atoms with Gasteiger partial charge in [-0.15, -0.1) is 0 Å². The van der Waals surface area contributed by atoms with Crippen LogP contribution in [0.25, 0.3) is 11.0 Å². The minimum absolute atomic E-state index is 0.170. The second kappa shape index (κ2) is 8.17. The average Bonchev–Trinajstić information content (AvgIpc) is 3.01. The molecule has 6 nitrogen and oxygen atoms in total. The summed E-state index contributed by atoms with van der Waals surface area (Å²) < 4.78 is 11.2. The van der Waals surface area contributed by atoms with E-state index in [1.165, 1.54) is 0 Å². The zero-order valence-corrected chi connectivity index (χ0v) is 16.5. The molecule has 6 heteroatoms. The molecule has 2 aromatic carbocycles. The van der Waals surface area contributed by atoms with Crippen molar-refractivity contribution < 1.29 is 18.7 Å². The number of hydrogen-bond donors (Lipinski definition) is 2. The Morgan fingerprint density at radius 3 is 2.54 bits per heavy atom. The van der Waals surface area contributed by atoms with E-state index < -0.39 is 11.8 Å². The number of furan rings is 1. The maximum absolute atomic E-state index is 12.3. The Morgan fingerprint density at radius 1 is 1.07 bits per heavy atom. The molecule has 3 aromatic rings. The first-order chi connectivity index (χ1) is 13.4. The van der Waals surface area contributed by atoms with Gasteiger partial charge in [-0.1, -0.05) is 44.2 Å². The summed E-state index contributed by atoms with van der Waals surface area (Å²) in [4.78, 5) is 24.4. The van der Waals surface area contributed by atoms with Crippen LogP contribution in [-0.4, -0.2) is 18.4 Å². The molecule has 0 aliphatic heterocycles. The first-order valence-corrected chi connectivity index (χ1v) is 9.17. The van der Waals surface area contributed by atoms with Crippen molar-refractivity contribution in [1.29, 1.82) is 0 Å². The van der Waals surface area contributed by atoms with E-state index in [2.05, 4.69) is 24.7 Å². The molecule has 0 saturated carbocycles. The van der Waals surface area contributed by atoms with E-state index in [1.54, 1.807) is 13.0 Å². The third-order valence-electron chi connectivity index (χ3n) is 4.52. The maximum Gasteiger partial charge on any atom is 0.305 e. The highest BCUT2D eigenvalue weighted by molar-refractivity contribution is 5.99. The minimum atomic E-state index is -0.513. The van der Waals surface area contributed by atoms with Crippen LogP contribution in [-0.2, 0) is 4.79 Å². The summed E-state index contributed by atoms with van der Waals surface area (Å²) in [6.07, 6.45) is 0. The van der Waals surface area contributed by atoms with Gasteiger partial charge in [0.05, 0.1) is 0 Å². The smallest absolute Gasteiger partial charge is 0.305 e. The second-order valence-corrected chi connectivity index (χ2v) is 7.04. The lowest BCUT2D eigenvalue weighted by molar-refractivity contribution is -0.123. The van der Waals surface area contributed by atoms with Crippen LogP contribution in [0.2, 0.25) is 0 Å². The molecular weight excluding hydrogens is 356 g/mol. The number of para-hydroxylation sites is 1. The van der Waals surface area contributed by atoms with E-state index in [0.717, 1.165) is 22.1 Å². The number of benzene rings is 2. The van der Waals surface area contributed by atoms with Crippen LogP contribution in [0, 0.1) is 13.8 Å². The van der Waals surface area contributed by atoms with E-state index in [4.69, 9.17) is 9.15 Å². The fourth-order valence-corrected chi connectivity index (χ4v) is 3.00. The number of hydrazine groups is 1. The highest BCUT2D eigenvalue weighted by Crippen LogP contribution is 2.27. The second-order valence-electron chi connectivity index (χ2n) is 7.04. The Hall–Kier alpha value is -3.28. The van der Waals surface area contributed by atoms with E-state index in [-0.39, 0.29) is 18.3 Å². The molecule has 2 N–H and O–H groups in total. The highest BCUT2D eigenvalue weighted by Gasteiger charge is 2.18. The van der Waals surface area contributed by atoms with Crippen molar-refractivity contribution in [3.05, 3.63) is 64.9 Å². The topological polar surface area (TPSA) is 80.6 Å². The summed E-state index contributed by atoms with van der Waals surface area (Å²) in [7, 11) is 0. The van der Waals surface area contributed by atoms with E-state index in [1.807, 2.05) is 43.3 Å². The van der Waals surface area contributed by atoms with Crippen molar-refractivity contribution in [2.75, 3.05) is 6.61 Å². The number of ether oxygens (including phenoxy) is 1. The quantitative estimate of drug-likeness (QED) is 0.655. The van der Waals surface area contributed by atoms with Crippen molar-refractivity contribution in [2.24, 2.45) is 0 Å². The molecule has 0 spiro atoms. The number of fused-ring (bicyclic) bond motifs is 1. The zero-order chi connectivity index (χ0) is 20.3. The summed E-state index contributed by atoms with van der Waals surface area (Å²) in [5, 5.41) is 0.864. The van der Waals surface area contributed by atoms with Gasteiger partial charge in [0.25, 0.3) is 5.91 Å². The Labute approximate surface area is 163 Å². The molecule has 1 aromatic heterocycles. The number of carbonyl (C=O) groups excluding carboxylic acids is 2. The first kappa shape index (κ1) is 19.5. The standard InChI is InChI=1S/C22H24N2O4/c1-13(2)16-10-9-14(3)11-19(16)27-12-20(25)23-24-22(26)21-15(4)17-7-5-6-8-18(17)28-21/h5-11,13H,12H2,1-4H3,(H,23,25)(H,24,26). The van der Waals surface area contributed by atoms with Crippen LogP contribution in [0.1, 0.15) is 47.0 Å². The fourth-order valence-electron chi connectivity index (χ4n) is 3.00. The SMILES string of the molecule is Cc1ccc(C(C)C)c(OCC(=O)NNC(=O)c2oc3ccccc3c2C)c1. The highest BCUT2D eigenvalue weighted by atomic mass is 16.5. The molecule has 0 fully saturated rings. The van der Waals surface area contributed by atoms with Gasteiger partial charge in [0, 0.05) is 10.9 Å². The predicted molar refractivity (Wildman–Crippen MR) is 107 cm³/mol. The third kappa shape index (κ3) is 4.17. The summed E-state index contributed by atoms with van der Waals surface area (Å²) in [6.45, 7) is 7.69. The molecule has 0 bridgehead atoms. The van der Waals surface area contributed by atoms with Crippen LogP contribution < -0.4 is 15.6 Å². The summed E-state index contributed by atoms with van der Waals surface area (Å²) >= 11 is 0. The van der Waals surface area contributed by atoms with Gasteiger partial charge in [-0.05, 0) is 43.0 Å². The Bertz CT molecular complexity index is 1020. The van der Waals surface area contributed by atoms with Gasteiger partial charge in [0.1, 0.15) is 11.3 Å². The largest absolute Gasteiger partial charge is 0.483 e. The number of aryl methyl sites for hydroxylation is 2. The van der Waals surface area contributed by atoms with Gasteiger partial charge in [-0.3, -0.25) is 20.4 Å². The molecule has 3 rings (SSSR count). The maximum atomic E-state index is 12.3. The van der Waals surface area contributed by atoms with Crippen LogP contribution in [0.4, 0.5) is 0 Å². The molecule has 0 radical (unpaired) electrons.